The van der Waals surface area contributed by atoms with Crippen LogP contribution in [0.15, 0.2) is 24.3 Å². The van der Waals surface area contributed by atoms with Crippen molar-refractivity contribution in [2.24, 2.45) is 0 Å². The van der Waals surface area contributed by atoms with Gasteiger partial charge < -0.3 is 15.3 Å². The molecule has 2 amide bonds. The number of carbonyl (C=O) groups is 2. The summed E-state index contributed by atoms with van der Waals surface area (Å²) in [5.41, 5.74) is 1.47. The number of anilines is 1. The van der Waals surface area contributed by atoms with Crippen LogP contribution < -0.4 is 10.2 Å². The van der Waals surface area contributed by atoms with Crippen molar-refractivity contribution in [1.29, 1.82) is 0 Å². The Morgan fingerprint density at radius 2 is 1.86 bits per heavy atom. The van der Waals surface area contributed by atoms with Gasteiger partial charge in [0.25, 0.3) is 0 Å². The van der Waals surface area contributed by atoms with Crippen LogP contribution in [0.2, 0.25) is 0 Å². The molecule has 112 valence electrons. The highest BCUT2D eigenvalue weighted by Crippen LogP contribution is 2.35. The summed E-state index contributed by atoms with van der Waals surface area (Å²) in [4.78, 5) is 27.6. The minimum absolute atomic E-state index is 0.0206. The number of nitrogens with zero attached hydrogens (tertiary/aromatic N) is 2. The molecule has 0 bridgehead atoms. The highest BCUT2D eigenvalue weighted by atomic mass is 16.4. The van der Waals surface area contributed by atoms with Gasteiger partial charge >= 0.3 is 12.0 Å². The number of amides is 2. The molecule has 0 aromatic heterocycles. The fourth-order valence-corrected chi connectivity index (χ4v) is 3.04. The molecule has 21 heavy (non-hydrogen) atoms. The van der Waals surface area contributed by atoms with Crippen LogP contribution in [0.5, 0.6) is 0 Å². The van der Waals surface area contributed by atoms with Gasteiger partial charge in [-0.15, -0.1) is 0 Å². The van der Waals surface area contributed by atoms with Crippen LogP contribution in [-0.4, -0.2) is 54.7 Å². The van der Waals surface area contributed by atoms with Gasteiger partial charge in [0.1, 0.15) is 0 Å². The zero-order chi connectivity index (χ0) is 14.8. The molecule has 1 unspecified atom stereocenters. The minimum Gasteiger partial charge on any atom is -0.481 e. The molecule has 2 heterocycles. The van der Waals surface area contributed by atoms with Crippen molar-refractivity contribution in [3.63, 3.8) is 0 Å². The predicted octanol–water partition coefficient (Wildman–Crippen LogP) is 1.09. The van der Waals surface area contributed by atoms with E-state index in [2.05, 4.69) is 5.32 Å². The first-order chi connectivity index (χ1) is 10.2. The summed E-state index contributed by atoms with van der Waals surface area (Å²) in [6, 6.07) is 7.30. The summed E-state index contributed by atoms with van der Waals surface area (Å²) in [5.74, 6) is -1.34. The molecule has 1 saturated heterocycles. The highest BCUT2D eigenvalue weighted by Gasteiger charge is 2.34. The van der Waals surface area contributed by atoms with Gasteiger partial charge in [0.05, 0.1) is 5.92 Å². The summed E-state index contributed by atoms with van der Waals surface area (Å²) in [6.07, 6.45) is 0.462. The van der Waals surface area contributed by atoms with Crippen LogP contribution in [0, 0.1) is 0 Å². The summed E-state index contributed by atoms with van der Waals surface area (Å²) in [7, 11) is 0. The van der Waals surface area contributed by atoms with Crippen molar-refractivity contribution >= 4 is 17.7 Å². The maximum atomic E-state index is 12.7. The SMILES string of the molecule is O=C(O)C1CCN(C(=O)N2CCNCC2)c2ccccc21. The third kappa shape index (κ3) is 2.58. The molecule has 1 aromatic carbocycles. The number of hydrogen-bond acceptors (Lipinski definition) is 3. The molecule has 2 N–H and O–H groups in total. The van der Waals surface area contributed by atoms with Crippen LogP contribution in [0.3, 0.4) is 0 Å². The third-order valence-electron chi connectivity index (χ3n) is 4.16. The van der Waals surface area contributed by atoms with E-state index in [9.17, 15) is 14.7 Å². The van der Waals surface area contributed by atoms with E-state index in [1.807, 2.05) is 29.2 Å². The molecule has 0 saturated carbocycles. The average molecular weight is 289 g/mol. The number of carboxylic acid groups (broad SMARTS) is 1. The fourth-order valence-electron chi connectivity index (χ4n) is 3.04. The average Bonchev–Trinajstić information content (AvgIpc) is 2.54. The van der Waals surface area contributed by atoms with Crippen LogP contribution in [0.25, 0.3) is 0 Å². The van der Waals surface area contributed by atoms with E-state index in [0.29, 0.717) is 26.1 Å². The number of rotatable bonds is 1. The lowest BCUT2D eigenvalue weighted by atomic mass is 9.90. The van der Waals surface area contributed by atoms with E-state index in [1.165, 1.54) is 0 Å². The Balaban J connectivity index is 1.88. The third-order valence-corrected chi connectivity index (χ3v) is 4.16. The summed E-state index contributed by atoms with van der Waals surface area (Å²) >= 11 is 0. The number of hydrogen-bond donors (Lipinski definition) is 2. The van der Waals surface area contributed by atoms with Gasteiger partial charge in [-0.3, -0.25) is 9.69 Å². The molecule has 1 aromatic rings. The summed E-state index contributed by atoms with van der Waals surface area (Å²) in [5, 5.41) is 12.6. The monoisotopic (exact) mass is 289 g/mol. The number of carboxylic acids is 1. The predicted molar refractivity (Wildman–Crippen MR) is 78.6 cm³/mol. The van der Waals surface area contributed by atoms with Crippen LogP contribution >= 0.6 is 0 Å². The zero-order valence-electron chi connectivity index (χ0n) is 11.8. The summed E-state index contributed by atoms with van der Waals surface area (Å²) < 4.78 is 0. The second kappa shape index (κ2) is 5.73. The molecule has 3 rings (SSSR count). The molecule has 2 aliphatic heterocycles. The first-order valence-corrected chi connectivity index (χ1v) is 7.27. The number of benzene rings is 1. The van der Waals surface area contributed by atoms with E-state index >= 15 is 0 Å². The lowest BCUT2D eigenvalue weighted by Gasteiger charge is -2.37. The van der Waals surface area contributed by atoms with Gasteiger partial charge in [-0.2, -0.15) is 0 Å². The number of urea groups is 1. The maximum absolute atomic E-state index is 12.7. The Morgan fingerprint density at radius 3 is 2.57 bits per heavy atom. The standard InChI is InChI=1S/C15H19N3O3/c19-14(20)12-5-8-18(13-4-2-1-3-11(12)13)15(21)17-9-6-16-7-10-17/h1-4,12,16H,5-10H2,(H,19,20). The van der Waals surface area contributed by atoms with Crippen molar-refractivity contribution in [2.45, 2.75) is 12.3 Å². The second-order valence-corrected chi connectivity index (χ2v) is 5.41. The Morgan fingerprint density at radius 1 is 1.14 bits per heavy atom. The quantitative estimate of drug-likeness (QED) is 0.812. The first kappa shape index (κ1) is 13.9. The van der Waals surface area contributed by atoms with Gasteiger partial charge in [0.15, 0.2) is 0 Å². The smallest absolute Gasteiger partial charge is 0.324 e. The molecule has 1 fully saturated rings. The van der Waals surface area contributed by atoms with Gasteiger partial charge in [-0.05, 0) is 18.1 Å². The highest BCUT2D eigenvalue weighted by molar-refractivity contribution is 5.95. The zero-order valence-corrected chi connectivity index (χ0v) is 11.8. The van der Waals surface area contributed by atoms with Gasteiger partial charge in [-0.1, -0.05) is 18.2 Å². The van der Waals surface area contributed by atoms with E-state index in [1.54, 1.807) is 4.90 Å². The number of fused-ring (bicyclic) bond motifs is 1. The van der Waals surface area contributed by atoms with Gasteiger partial charge in [-0.25, -0.2) is 4.79 Å². The normalized spacial score (nSPS) is 21.8. The molecular weight excluding hydrogens is 270 g/mol. The molecule has 1 atom stereocenters. The van der Waals surface area contributed by atoms with E-state index < -0.39 is 11.9 Å². The van der Waals surface area contributed by atoms with E-state index in [0.717, 1.165) is 24.3 Å². The molecule has 0 spiro atoms. The Labute approximate surface area is 123 Å². The van der Waals surface area contributed by atoms with E-state index in [4.69, 9.17) is 0 Å². The first-order valence-electron chi connectivity index (χ1n) is 7.27. The summed E-state index contributed by atoms with van der Waals surface area (Å²) in [6.45, 7) is 3.45. The lowest BCUT2D eigenvalue weighted by Crippen LogP contribution is -2.53. The van der Waals surface area contributed by atoms with Crippen molar-refractivity contribution in [3.05, 3.63) is 29.8 Å². The Hall–Kier alpha value is -2.08. The van der Waals surface area contributed by atoms with Crippen molar-refractivity contribution in [3.8, 4) is 0 Å². The molecule has 6 heteroatoms. The fraction of sp³-hybridized carbons (Fsp3) is 0.467. The van der Waals surface area contributed by atoms with Crippen LogP contribution in [-0.2, 0) is 4.79 Å². The van der Waals surface area contributed by atoms with Crippen molar-refractivity contribution in [2.75, 3.05) is 37.6 Å². The minimum atomic E-state index is -0.822. The second-order valence-electron chi connectivity index (χ2n) is 5.41. The molecule has 2 aliphatic rings. The number of aliphatic carboxylic acids is 1. The molecule has 6 nitrogen and oxygen atoms in total. The number of carbonyl (C=O) groups excluding carboxylic acids is 1. The Kier molecular flexibility index (Phi) is 3.79. The van der Waals surface area contributed by atoms with Crippen molar-refractivity contribution < 1.29 is 14.7 Å². The maximum Gasteiger partial charge on any atom is 0.324 e. The van der Waals surface area contributed by atoms with Gasteiger partial charge in [0.2, 0.25) is 0 Å². The molecule has 0 radical (unpaired) electrons. The van der Waals surface area contributed by atoms with Crippen LogP contribution in [0.4, 0.5) is 10.5 Å². The van der Waals surface area contributed by atoms with E-state index in [-0.39, 0.29) is 6.03 Å². The molecular formula is C15H19N3O3. The number of nitrogens with one attached hydrogen (secondary N) is 1. The lowest BCUT2D eigenvalue weighted by molar-refractivity contribution is -0.139. The van der Waals surface area contributed by atoms with Gasteiger partial charge in [0, 0.05) is 38.4 Å². The van der Waals surface area contributed by atoms with Crippen LogP contribution in [0.1, 0.15) is 17.9 Å². The molecule has 0 aliphatic carbocycles. The number of para-hydroxylation sites is 1. The Bertz CT molecular complexity index is 555. The largest absolute Gasteiger partial charge is 0.481 e. The van der Waals surface area contributed by atoms with Crippen molar-refractivity contribution in [1.82, 2.24) is 10.2 Å². The number of piperazine rings is 1. The topological polar surface area (TPSA) is 72.9 Å².